The molecule has 1 saturated heterocycles. The second kappa shape index (κ2) is 5.51. The molecule has 7 heteroatoms. The van der Waals surface area contributed by atoms with E-state index in [-0.39, 0.29) is 17.5 Å². The van der Waals surface area contributed by atoms with Gasteiger partial charge in [0, 0.05) is 25.2 Å². The number of carbonyl (C=O) groups is 1. The van der Waals surface area contributed by atoms with Gasteiger partial charge in [-0.2, -0.15) is 4.98 Å². The Morgan fingerprint density at radius 1 is 1.52 bits per heavy atom. The van der Waals surface area contributed by atoms with Crippen molar-refractivity contribution in [2.24, 2.45) is 0 Å². The molecule has 0 radical (unpaired) electrons. The highest BCUT2D eigenvalue weighted by atomic mass is 16.5. The molecule has 1 fully saturated rings. The molecule has 0 aliphatic carbocycles. The Hall–Kier alpha value is -2.44. The van der Waals surface area contributed by atoms with E-state index in [2.05, 4.69) is 15.1 Å². The summed E-state index contributed by atoms with van der Waals surface area (Å²) in [5.41, 5.74) is 0.232. The highest BCUT2D eigenvalue weighted by Crippen LogP contribution is 2.31. The van der Waals surface area contributed by atoms with Crippen LogP contribution in [0.2, 0.25) is 0 Å². The molecule has 0 spiro atoms. The zero-order valence-corrected chi connectivity index (χ0v) is 11.7. The summed E-state index contributed by atoms with van der Waals surface area (Å²) in [6, 6.07) is 2.72. The molecule has 1 amide bonds. The molecule has 1 N–H and O–H groups in total. The minimum atomic E-state index is -0.227. The van der Waals surface area contributed by atoms with Crippen molar-refractivity contribution in [1.82, 2.24) is 20.0 Å². The summed E-state index contributed by atoms with van der Waals surface area (Å²) in [5, 5.41) is 3.97. The number of hydrogen-bond donors (Lipinski definition) is 1. The van der Waals surface area contributed by atoms with Gasteiger partial charge in [-0.25, -0.2) is 0 Å². The summed E-state index contributed by atoms with van der Waals surface area (Å²) < 4.78 is 5.13. The topological polar surface area (TPSA) is 92.1 Å². The van der Waals surface area contributed by atoms with Gasteiger partial charge in [0.05, 0.1) is 11.6 Å². The van der Waals surface area contributed by atoms with E-state index in [0.29, 0.717) is 30.2 Å². The molecule has 110 valence electrons. The third kappa shape index (κ3) is 2.58. The van der Waals surface area contributed by atoms with Crippen molar-refractivity contribution in [3.05, 3.63) is 46.0 Å². The molecule has 1 atom stereocenters. The van der Waals surface area contributed by atoms with Gasteiger partial charge in [0.15, 0.2) is 5.82 Å². The van der Waals surface area contributed by atoms with Crippen molar-refractivity contribution in [2.75, 3.05) is 6.54 Å². The van der Waals surface area contributed by atoms with Crippen LogP contribution < -0.4 is 5.56 Å². The highest BCUT2D eigenvalue weighted by Gasteiger charge is 2.33. The maximum Gasteiger partial charge on any atom is 0.255 e. The lowest BCUT2D eigenvalue weighted by molar-refractivity contribution is 0.0728. The summed E-state index contributed by atoms with van der Waals surface area (Å²) in [5.74, 6) is 1.01. The fourth-order valence-electron chi connectivity index (χ4n) is 2.53. The number of aromatic nitrogens is 3. The SMILES string of the molecule is CCc1nc(C2CCCN2C(=O)c2ccc(=O)[nH]c2)no1. The fourth-order valence-corrected chi connectivity index (χ4v) is 2.53. The third-order valence-electron chi connectivity index (χ3n) is 3.63. The third-order valence-corrected chi connectivity index (χ3v) is 3.63. The van der Waals surface area contributed by atoms with Gasteiger partial charge in [-0.1, -0.05) is 12.1 Å². The van der Waals surface area contributed by atoms with E-state index in [1.165, 1.54) is 18.3 Å². The monoisotopic (exact) mass is 288 g/mol. The number of amides is 1. The van der Waals surface area contributed by atoms with Crippen LogP contribution in [0.4, 0.5) is 0 Å². The van der Waals surface area contributed by atoms with E-state index in [1.54, 1.807) is 4.90 Å². The van der Waals surface area contributed by atoms with Crippen LogP contribution >= 0.6 is 0 Å². The maximum atomic E-state index is 12.5. The molecule has 1 unspecified atom stereocenters. The first-order chi connectivity index (χ1) is 10.2. The Kier molecular flexibility index (Phi) is 3.55. The molecule has 3 rings (SSSR count). The number of aromatic amines is 1. The van der Waals surface area contributed by atoms with Gasteiger partial charge >= 0.3 is 0 Å². The van der Waals surface area contributed by atoms with Gasteiger partial charge in [-0.05, 0) is 18.9 Å². The molecule has 1 aliphatic rings. The molecule has 7 nitrogen and oxygen atoms in total. The minimum Gasteiger partial charge on any atom is -0.339 e. The molecule has 0 saturated carbocycles. The average molecular weight is 288 g/mol. The quantitative estimate of drug-likeness (QED) is 0.919. The van der Waals surface area contributed by atoms with Crippen molar-refractivity contribution in [3.8, 4) is 0 Å². The number of hydrogen-bond acceptors (Lipinski definition) is 5. The van der Waals surface area contributed by atoms with E-state index in [0.717, 1.165) is 12.8 Å². The summed E-state index contributed by atoms with van der Waals surface area (Å²) in [7, 11) is 0. The summed E-state index contributed by atoms with van der Waals surface area (Å²) in [4.78, 5) is 32.2. The van der Waals surface area contributed by atoms with E-state index in [1.807, 2.05) is 6.92 Å². The Balaban J connectivity index is 1.84. The van der Waals surface area contributed by atoms with E-state index in [4.69, 9.17) is 4.52 Å². The van der Waals surface area contributed by atoms with E-state index >= 15 is 0 Å². The van der Waals surface area contributed by atoms with Crippen LogP contribution in [-0.4, -0.2) is 32.5 Å². The summed E-state index contributed by atoms with van der Waals surface area (Å²) in [6.45, 7) is 2.59. The number of likely N-dealkylation sites (tertiary alicyclic amines) is 1. The van der Waals surface area contributed by atoms with Gasteiger partial charge in [0.1, 0.15) is 0 Å². The summed E-state index contributed by atoms with van der Waals surface area (Å²) >= 11 is 0. The highest BCUT2D eigenvalue weighted by molar-refractivity contribution is 5.94. The second-order valence-electron chi connectivity index (χ2n) is 5.00. The smallest absolute Gasteiger partial charge is 0.255 e. The first-order valence-electron chi connectivity index (χ1n) is 7.01. The molecular weight excluding hydrogens is 272 g/mol. The molecule has 21 heavy (non-hydrogen) atoms. The fraction of sp³-hybridized carbons (Fsp3) is 0.429. The van der Waals surface area contributed by atoms with E-state index in [9.17, 15) is 9.59 Å². The number of nitrogens with one attached hydrogen (secondary N) is 1. The number of H-pyrrole nitrogens is 1. The van der Waals surface area contributed by atoms with Gasteiger partial charge in [-0.15, -0.1) is 0 Å². The second-order valence-corrected chi connectivity index (χ2v) is 5.00. The van der Waals surface area contributed by atoms with Crippen LogP contribution in [0.1, 0.15) is 47.9 Å². The van der Waals surface area contributed by atoms with Crippen LogP contribution in [0.25, 0.3) is 0 Å². The molecule has 0 aromatic carbocycles. The molecule has 3 heterocycles. The molecule has 2 aromatic rings. The predicted octanol–water partition coefficient (Wildman–Crippen LogP) is 1.30. The van der Waals surface area contributed by atoms with Crippen LogP contribution in [0.5, 0.6) is 0 Å². The van der Waals surface area contributed by atoms with Gasteiger partial charge in [-0.3, -0.25) is 9.59 Å². The maximum absolute atomic E-state index is 12.5. The molecular formula is C14H16N4O3. The number of rotatable bonds is 3. The van der Waals surface area contributed by atoms with Crippen LogP contribution in [0.3, 0.4) is 0 Å². The summed E-state index contributed by atoms with van der Waals surface area (Å²) in [6.07, 6.45) is 3.83. The standard InChI is InChI=1S/C14H16N4O3/c1-2-12-16-13(17-21-12)10-4-3-7-18(10)14(20)9-5-6-11(19)15-8-9/h5-6,8,10H,2-4,7H2,1H3,(H,15,19). The Bertz CT molecular complexity index is 686. The molecule has 1 aliphatic heterocycles. The largest absolute Gasteiger partial charge is 0.339 e. The van der Waals surface area contributed by atoms with E-state index < -0.39 is 0 Å². The Labute approximate surface area is 121 Å². The normalized spacial score (nSPS) is 18.1. The predicted molar refractivity (Wildman–Crippen MR) is 73.8 cm³/mol. The van der Waals surface area contributed by atoms with Gasteiger partial charge in [0.2, 0.25) is 11.4 Å². The average Bonchev–Trinajstić information content (AvgIpc) is 3.15. The van der Waals surface area contributed by atoms with Crippen molar-refractivity contribution >= 4 is 5.91 Å². The zero-order valence-electron chi connectivity index (χ0n) is 11.7. The van der Waals surface area contributed by atoms with Crippen molar-refractivity contribution in [1.29, 1.82) is 0 Å². The van der Waals surface area contributed by atoms with Crippen molar-refractivity contribution < 1.29 is 9.32 Å². The lowest BCUT2D eigenvalue weighted by Gasteiger charge is -2.22. The lowest BCUT2D eigenvalue weighted by Crippen LogP contribution is -2.31. The molecule has 0 bridgehead atoms. The lowest BCUT2D eigenvalue weighted by atomic mass is 10.2. The molecule has 2 aromatic heterocycles. The number of aryl methyl sites for hydroxylation is 1. The van der Waals surface area contributed by atoms with Crippen LogP contribution in [-0.2, 0) is 6.42 Å². The van der Waals surface area contributed by atoms with Crippen molar-refractivity contribution in [3.63, 3.8) is 0 Å². The number of nitrogens with zero attached hydrogens (tertiary/aromatic N) is 3. The Morgan fingerprint density at radius 2 is 2.38 bits per heavy atom. The first kappa shape index (κ1) is 13.5. The number of carbonyl (C=O) groups excluding carboxylic acids is 1. The van der Waals surface area contributed by atoms with Gasteiger partial charge < -0.3 is 14.4 Å². The van der Waals surface area contributed by atoms with Crippen molar-refractivity contribution in [2.45, 2.75) is 32.2 Å². The van der Waals surface area contributed by atoms with Crippen LogP contribution in [0, 0.1) is 0 Å². The Morgan fingerprint density at radius 3 is 3.05 bits per heavy atom. The minimum absolute atomic E-state index is 0.128. The first-order valence-corrected chi connectivity index (χ1v) is 7.01. The number of pyridine rings is 1. The van der Waals surface area contributed by atoms with Gasteiger partial charge in [0.25, 0.3) is 5.91 Å². The van der Waals surface area contributed by atoms with Crippen LogP contribution in [0.15, 0.2) is 27.6 Å². The zero-order chi connectivity index (χ0) is 14.8.